The van der Waals surface area contributed by atoms with Crippen molar-refractivity contribution in [3.05, 3.63) is 12.7 Å². The third-order valence-electron chi connectivity index (χ3n) is 1.82. The summed E-state index contributed by atoms with van der Waals surface area (Å²) in [5, 5.41) is 7.98. The Balaban J connectivity index is 2.37. The van der Waals surface area contributed by atoms with E-state index in [0.717, 1.165) is 6.42 Å². The average molecular weight is 183 g/mol. The van der Waals surface area contributed by atoms with Gasteiger partial charge in [0, 0.05) is 19.1 Å². The first-order valence-electron chi connectivity index (χ1n) is 4.17. The Labute approximate surface area is 76.6 Å². The molecule has 3 amide bonds. The molecule has 1 aliphatic rings. The van der Waals surface area contributed by atoms with Crippen LogP contribution in [0, 0.1) is 0 Å². The third-order valence-corrected chi connectivity index (χ3v) is 1.82. The highest BCUT2D eigenvalue weighted by molar-refractivity contribution is 5.87. The molecule has 0 aromatic carbocycles. The van der Waals surface area contributed by atoms with Crippen molar-refractivity contribution < 1.29 is 9.59 Å². The number of nitrogens with one attached hydrogen (secondary N) is 3. The van der Waals surface area contributed by atoms with E-state index in [4.69, 9.17) is 0 Å². The van der Waals surface area contributed by atoms with Crippen LogP contribution in [0.15, 0.2) is 12.7 Å². The van der Waals surface area contributed by atoms with Gasteiger partial charge < -0.3 is 16.0 Å². The van der Waals surface area contributed by atoms with Gasteiger partial charge in [0.25, 0.3) is 0 Å². The average Bonchev–Trinajstić information content (AvgIpc) is 2.31. The largest absolute Gasteiger partial charge is 0.348 e. The van der Waals surface area contributed by atoms with E-state index in [1.807, 2.05) is 0 Å². The van der Waals surface area contributed by atoms with Gasteiger partial charge in [0.1, 0.15) is 0 Å². The SMILES string of the molecule is C=CC(=O)NC1CCNC(=O)NC1. The monoisotopic (exact) mass is 183 g/mol. The molecule has 5 nitrogen and oxygen atoms in total. The van der Waals surface area contributed by atoms with Gasteiger partial charge in [-0.25, -0.2) is 4.79 Å². The number of carbonyl (C=O) groups is 2. The maximum Gasteiger partial charge on any atom is 0.314 e. The van der Waals surface area contributed by atoms with Gasteiger partial charge in [-0.05, 0) is 12.5 Å². The predicted octanol–water partition coefficient (Wildman–Crippen LogP) is -0.640. The molecule has 1 unspecified atom stereocenters. The van der Waals surface area contributed by atoms with E-state index in [1.54, 1.807) is 0 Å². The molecule has 1 saturated heterocycles. The van der Waals surface area contributed by atoms with E-state index in [9.17, 15) is 9.59 Å². The Morgan fingerprint density at radius 3 is 3.08 bits per heavy atom. The molecular formula is C8H13N3O2. The van der Waals surface area contributed by atoms with E-state index in [-0.39, 0.29) is 18.0 Å². The maximum absolute atomic E-state index is 10.9. The molecule has 1 rings (SSSR count). The number of carbonyl (C=O) groups excluding carboxylic acids is 2. The number of hydrogen-bond donors (Lipinski definition) is 3. The molecule has 13 heavy (non-hydrogen) atoms. The molecule has 1 atom stereocenters. The van der Waals surface area contributed by atoms with Gasteiger partial charge in [-0.1, -0.05) is 6.58 Å². The summed E-state index contributed by atoms with van der Waals surface area (Å²) in [4.78, 5) is 21.7. The second-order valence-corrected chi connectivity index (χ2v) is 2.84. The second-order valence-electron chi connectivity index (χ2n) is 2.84. The fourth-order valence-electron chi connectivity index (χ4n) is 1.12. The second kappa shape index (κ2) is 4.49. The molecule has 0 saturated carbocycles. The zero-order valence-electron chi connectivity index (χ0n) is 7.30. The molecule has 1 fully saturated rings. The highest BCUT2D eigenvalue weighted by Gasteiger charge is 2.15. The lowest BCUT2D eigenvalue weighted by atomic mass is 10.2. The van der Waals surface area contributed by atoms with Crippen LogP contribution in [0.3, 0.4) is 0 Å². The fraction of sp³-hybridized carbons (Fsp3) is 0.500. The summed E-state index contributed by atoms with van der Waals surface area (Å²) in [6.07, 6.45) is 1.96. The standard InChI is InChI=1S/C8H13N3O2/c1-2-7(12)11-6-3-4-9-8(13)10-5-6/h2,6H,1,3-5H2,(H,11,12)(H2,9,10,13). The summed E-state index contributed by atoms with van der Waals surface area (Å²) in [5.41, 5.74) is 0. The quantitative estimate of drug-likeness (QED) is 0.498. The lowest BCUT2D eigenvalue weighted by molar-refractivity contribution is -0.117. The van der Waals surface area contributed by atoms with Crippen LogP contribution in [-0.2, 0) is 4.79 Å². The highest BCUT2D eigenvalue weighted by Crippen LogP contribution is 1.93. The molecule has 5 heteroatoms. The number of urea groups is 1. The first kappa shape index (κ1) is 9.57. The Kier molecular flexibility index (Phi) is 3.31. The molecule has 3 N–H and O–H groups in total. The van der Waals surface area contributed by atoms with Gasteiger partial charge in [-0.2, -0.15) is 0 Å². The summed E-state index contributed by atoms with van der Waals surface area (Å²) in [5.74, 6) is -0.207. The molecule has 72 valence electrons. The van der Waals surface area contributed by atoms with Crippen LogP contribution in [0.25, 0.3) is 0 Å². The van der Waals surface area contributed by atoms with Gasteiger partial charge in [-0.15, -0.1) is 0 Å². The van der Waals surface area contributed by atoms with Gasteiger partial charge >= 0.3 is 6.03 Å². The molecule has 0 radical (unpaired) electrons. The van der Waals surface area contributed by atoms with Crippen LogP contribution in [0.5, 0.6) is 0 Å². The molecular weight excluding hydrogens is 170 g/mol. The van der Waals surface area contributed by atoms with Crippen LogP contribution in [0.2, 0.25) is 0 Å². The Bertz CT molecular complexity index is 227. The summed E-state index contributed by atoms with van der Waals surface area (Å²) >= 11 is 0. The molecule has 0 spiro atoms. The maximum atomic E-state index is 10.9. The Morgan fingerprint density at radius 2 is 2.38 bits per heavy atom. The van der Waals surface area contributed by atoms with Crippen LogP contribution < -0.4 is 16.0 Å². The Hall–Kier alpha value is -1.52. The predicted molar refractivity (Wildman–Crippen MR) is 48.1 cm³/mol. The zero-order valence-corrected chi connectivity index (χ0v) is 7.30. The van der Waals surface area contributed by atoms with Crippen molar-refractivity contribution in [2.24, 2.45) is 0 Å². The molecule has 1 heterocycles. The van der Waals surface area contributed by atoms with Crippen molar-refractivity contribution in [1.29, 1.82) is 0 Å². The van der Waals surface area contributed by atoms with Crippen molar-refractivity contribution in [2.75, 3.05) is 13.1 Å². The topological polar surface area (TPSA) is 70.2 Å². The van der Waals surface area contributed by atoms with Gasteiger partial charge in [0.15, 0.2) is 0 Å². The summed E-state index contributed by atoms with van der Waals surface area (Å²) in [6, 6.07) is -0.195. The van der Waals surface area contributed by atoms with Crippen molar-refractivity contribution >= 4 is 11.9 Å². The number of hydrogen-bond acceptors (Lipinski definition) is 2. The van der Waals surface area contributed by atoms with Crippen molar-refractivity contribution in [1.82, 2.24) is 16.0 Å². The van der Waals surface area contributed by atoms with E-state index >= 15 is 0 Å². The van der Waals surface area contributed by atoms with Crippen LogP contribution in [0.4, 0.5) is 4.79 Å². The first-order valence-corrected chi connectivity index (χ1v) is 4.17. The zero-order chi connectivity index (χ0) is 9.68. The lowest BCUT2D eigenvalue weighted by Crippen LogP contribution is -2.41. The highest BCUT2D eigenvalue weighted by atomic mass is 16.2. The van der Waals surface area contributed by atoms with Crippen molar-refractivity contribution in [3.8, 4) is 0 Å². The van der Waals surface area contributed by atoms with Crippen LogP contribution in [0.1, 0.15) is 6.42 Å². The molecule has 0 aliphatic carbocycles. The van der Waals surface area contributed by atoms with E-state index < -0.39 is 0 Å². The number of rotatable bonds is 2. The molecule has 1 aliphatic heterocycles. The summed E-state index contributed by atoms with van der Waals surface area (Å²) < 4.78 is 0. The van der Waals surface area contributed by atoms with E-state index in [1.165, 1.54) is 6.08 Å². The minimum atomic E-state index is -0.207. The minimum Gasteiger partial charge on any atom is -0.348 e. The Morgan fingerprint density at radius 1 is 1.62 bits per heavy atom. The molecule has 0 bridgehead atoms. The van der Waals surface area contributed by atoms with Gasteiger partial charge in [-0.3, -0.25) is 4.79 Å². The van der Waals surface area contributed by atoms with Gasteiger partial charge in [0.2, 0.25) is 5.91 Å². The normalized spacial score (nSPS) is 22.2. The van der Waals surface area contributed by atoms with Gasteiger partial charge in [0.05, 0.1) is 0 Å². The van der Waals surface area contributed by atoms with Crippen LogP contribution >= 0.6 is 0 Å². The smallest absolute Gasteiger partial charge is 0.314 e. The van der Waals surface area contributed by atoms with E-state index in [0.29, 0.717) is 13.1 Å². The molecule has 0 aromatic rings. The van der Waals surface area contributed by atoms with E-state index in [2.05, 4.69) is 22.5 Å². The fourth-order valence-corrected chi connectivity index (χ4v) is 1.12. The molecule has 0 aromatic heterocycles. The summed E-state index contributed by atoms with van der Waals surface area (Å²) in [7, 11) is 0. The summed E-state index contributed by atoms with van der Waals surface area (Å²) in [6.45, 7) is 4.39. The number of amides is 3. The van der Waals surface area contributed by atoms with Crippen molar-refractivity contribution in [2.45, 2.75) is 12.5 Å². The first-order chi connectivity index (χ1) is 6.22. The third kappa shape index (κ3) is 3.14. The van der Waals surface area contributed by atoms with Crippen molar-refractivity contribution in [3.63, 3.8) is 0 Å². The minimum absolute atomic E-state index is 0.00977. The lowest BCUT2D eigenvalue weighted by Gasteiger charge is -2.13. The van der Waals surface area contributed by atoms with Crippen LogP contribution in [-0.4, -0.2) is 31.1 Å².